The van der Waals surface area contributed by atoms with E-state index in [1.807, 2.05) is 0 Å². The topological polar surface area (TPSA) is 76.0 Å². The number of aliphatic hydroxyl groups excluding tert-OH is 2. The Bertz CT molecular complexity index is 134. The SMILES string of the molecule is O=C1OCC(C(O)CO)O1. The minimum atomic E-state index is -1.04. The van der Waals surface area contributed by atoms with Crippen molar-refractivity contribution >= 4 is 6.16 Å². The molecule has 0 spiro atoms. The summed E-state index contributed by atoms with van der Waals surface area (Å²) in [6.45, 7) is -0.415. The molecule has 5 heteroatoms. The maximum atomic E-state index is 10.2. The fourth-order valence-corrected chi connectivity index (χ4v) is 0.649. The average molecular weight is 148 g/mol. The van der Waals surface area contributed by atoms with Gasteiger partial charge < -0.3 is 19.7 Å². The molecule has 1 fully saturated rings. The molecule has 2 atom stereocenters. The van der Waals surface area contributed by atoms with Gasteiger partial charge in [0.25, 0.3) is 0 Å². The smallest absolute Gasteiger partial charge is 0.430 e. The standard InChI is InChI=1S/C5H8O5/c6-1-3(7)4-2-9-5(8)10-4/h3-4,6-7H,1-2H2. The molecule has 2 N–H and O–H groups in total. The molecule has 1 saturated heterocycles. The van der Waals surface area contributed by atoms with Crippen LogP contribution in [-0.4, -0.2) is 41.8 Å². The van der Waals surface area contributed by atoms with Crippen LogP contribution in [0.5, 0.6) is 0 Å². The summed E-state index contributed by atoms with van der Waals surface area (Å²) in [6, 6.07) is 0. The number of cyclic esters (lactones) is 2. The van der Waals surface area contributed by atoms with E-state index in [0.29, 0.717) is 0 Å². The summed E-state index contributed by atoms with van der Waals surface area (Å²) in [4.78, 5) is 10.2. The lowest BCUT2D eigenvalue weighted by molar-refractivity contribution is -0.00102. The summed E-state index contributed by atoms with van der Waals surface area (Å²) in [6.07, 6.45) is -2.54. The summed E-state index contributed by atoms with van der Waals surface area (Å²) >= 11 is 0. The fourth-order valence-electron chi connectivity index (χ4n) is 0.649. The Balaban J connectivity index is 2.36. The van der Waals surface area contributed by atoms with Crippen molar-refractivity contribution in [2.45, 2.75) is 12.2 Å². The highest BCUT2D eigenvalue weighted by atomic mass is 16.8. The normalized spacial score (nSPS) is 27.4. The second kappa shape index (κ2) is 2.85. The summed E-state index contributed by atoms with van der Waals surface area (Å²) in [5.74, 6) is 0. The molecular formula is C5H8O5. The predicted octanol–water partition coefficient (Wildman–Crippen LogP) is -1.12. The molecule has 1 aliphatic rings. The summed E-state index contributed by atoms with van der Waals surface area (Å²) in [7, 11) is 0. The molecule has 1 aliphatic heterocycles. The Morgan fingerprint density at radius 1 is 1.80 bits per heavy atom. The maximum absolute atomic E-state index is 10.2. The van der Waals surface area contributed by atoms with Crippen LogP contribution in [0, 0.1) is 0 Å². The van der Waals surface area contributed by atoms with Crippen molar-refractivity contribution in [1.82, 2.24) is 0 Å². The van der Waals surface area contributed by atoms with Gasteiger partial charge in [0.1, 0.15) is 12.7 Å². The number of hydrogen-bond acceptors (Lipinski definition) is 5. The van der Waals surface area contributed by atoms with Crippen LogP contribution in [0.25, 0.3) is 0 Å². The van der Waals surface area contributed by atoms with Crippen LogP contribution in [0.4, 0.5) is 4.79 Å². The summed E-state index contributed by atoms with van der Waals surface area (Å²) in [5.41, 5.74) is 0. The van der Waals surface area contributed by atoms with Crippen molar-refractivity contribution in [3.05, 3.63) is 0 Å². The van der Waals surface area contributed by atoms with E-state index in [1.54, 1.807) is 0 Å². The van der Waals surface area contributed by atoms with Gasteiger partial charge in [0.15, 0.2) is 6.10 Å². The fraction of sp³-hybridized carbons (Fsp3) is 0.800. The third kappa shape index (κ3) is 1.37. The first-order valence-corrected chi connectivity index (χ1v) is 2.86. The van der Waals surface area contributed by atoms with Crippen molar-refractivity contribution < 1.29 is 24.5 Å². The van der Waals surface area contributed by atoms with Crippen LogP contribution >= 0.6 is 0 Å². The van der Waals surface area contributed by atoms with Gasteiger partial charge in [-0.05, 0) is 0 Å². The molecule has 0 bridgehead atoms. The van der Waals surface area contributed by atoms with E-state index in [0.717, 1.165) is 0 Å². The number of carbonyl (C=O) groups excluding carboxylic acids is 1. The Morgan fingerprint density at radius 2 is 2.50 bits per heavy atom. The Hall–Kier alpha value is -0.810. The van der Waals surface area contributed by atoms with Gasteiger partial charge in [-0.25, -0.2) is 4.79 Å². The van der Waals surface area contributed by atoms with Crippen LogP contribution < -0.4 is 0 Å². The lowest BCUT2D eigenvalue weighted by Crippen LogP contribution is -2.31. The molecule has 0 aromatic rings. The highest BCUT2D eigenvalue weighted by molar-refractivity contribution is 5.61. The van der Waals surface area contributed by atoms with Gasteiger partial charge in [-0.1, -0.05) is 0 Å². The maximum Gasteiger partial charge on any atom is 0.508 e. The highest BCUT2D eigenvalue weighted by Crippen LogP contribution is 2.09. The van der Waals surface area contributed by atoms with Gasteiger partial charge in [-0.3, -0.25) is 0 Å². The molecular weight excluding hydrogens is 140 g/mol. The number of ether oxygens (including phenoxy) is 2. The molecule has 0 aromatic heterocycles. The van der Waals surface area contributed by atoms with Crippen LogP contribution in [-0.2, 0) is 9.47 Å². The Morgan fingerprint density at radius 3 is 2.90 bits per heavy atom. The molecule has 1 heterocycles. The first-order chi connectivity index (χ1) is 4.74. The van der Waals surface area contributed by atoms with Gasteiger partial charge in [0, 0.05) is 0 Å². The number of carbonyl (C=O) groups is 1. The molecule has 10 heavy (non-hydrogen) atoms. The monoisotopic (exact) mass is 148 g/mol. The van der Waals surface area contributed by atoms with Crippen LogP contribution in [0.1, 0.15) is 0 Å². The second-order valence-electron chi connectivity index (χ2n) is 1.97. The van der Waals surface area contributed by atoms with Crippen molar-refractivity contribution in [3.8, 4) is 0 Å². The van der Waals surface area contributed by atoms with Gasteiger partial charge in [0.2, 0.25) is 0 Å². The predicted molar refractivity (Wildman–Crippen MR) is 29.3 cm³/mol. The Kier molecular flexibility index (Phi) is 2.08. The zero-order valence-corrected chi connectivity index (χ0v) is 5.19. The van der Waals surface area contributed by atoms with Crippen LogP contribution in [0.15, 0.2) is 0 Å². The van der Waals surface area contributed by atoms with Gasteiger partial charge in [0.05, 0.1) is 6.61 Å². The van der Waals surface area contributed by atoms with Crippen LogP contribution in [0.2, 0.25) is 0 Å². The number of aliphatic hydroxyl groups is 2. The second-order valence-corrected chi connectivity index (χ2v) is 1.97. The molecule has 58 valence electrons. The third-order valence-electron chi connectivity index (χ3n) is 1.23. The third-order valence-corrected chi connectivity index (χ3v) is 1.23. The molecule has 0 aromatic carbocycles. The van der Waals surface area contributed by atoms with Gasteiger partial charge >= 0.3 is 6.16 Å². The molecule has 0 saturated carbocycles. The summed E-state index contributed by atoms with van der Waals surface area (Å²) < 4.78 is 8.80. The molecule has 0 aliphatic carbocycles. The van der Waals surface area contributed by atoms with Crippen LogP contribution in [0.3, 0.4) is 0 Å². The quantitative estimate of drug-likeness (QED) is 0.485. The Labute approximate surface area is 57.2 Å². The largest absolute Gasteiger partial charge is 0.508 e. The molecule has 0 amide bonds. The van der Waals surface area contributed by atoms with Crippen molar-refractivity contribution in [2.24, 2.45) is 0 Å². The van der Waals surface area contributed by atoms with Crippen molar-refractivity contribution in [3.63, 3.8) is 0 Å². The minimum absolute atomic E-state index is 0.0144. The molecule has 5 nitrogen and oxygen atoms in total. The van der Waals surface area contributed by atoms with E-state index >= 15 is 0 Å². The van der Waals surface area contributed by atoms with Gasteiger partial charge in [-0.2, -0.15) is 0 Å². The lowest BCUT2D eigenvalue weighted by atomic mass is 10.2. The molecule has 0 radical (unpaired) electrons. The zero-order chi connectivity index (χ0) is 7.56. The van der Waals surface area contributed by atoms with Crippen molar-refractivity contribution in [1.29, 1.82) is 0 Å². The van der Waals surface area contributed by atoms with E-state index < -0.39 is 25.0 Å². The average Bonchev–Trinajstić information content (AvgIpc) is 2.34. The van der Waals surface area contributed by atoms with E-state index in [1.165, 1.54) is 0 Å². The van der Waals surface area contributed by atoms with Crippen molar-refractivity contribution in [2.75, 3.05) is 13.2 Å². The molecule has 2 unspecified atom stereocenters. The lowest BCUT2D eigenvalue weighted by Gasteiger charge is -2.10. The zero-order valence-electron chi connectivity index (χ0n) is 5.19. The highest BCUT2D eigenvalue weighted by Gasteiger charge is 2.30. The van der Waals surface area contributed by atoms with Gasteiger partial charge in [-0.15, -0.1) is 0 Å². The van der Waals surface area contributed by atoms with E-state index in [-0.39, 0.29) is 6.61 Å². The number of hydrogen-bond donors (Lipinski definition) is 2. The first-order valence-electron chi connectivity index (χ1n) is 2.86. The van der Waals surface area contributed by atoms with E-state index in [4.69, 9.17) is 10.2 Å². The summed E-state index contributed by atoms with van der Waals surface area (Å²) in [5, 5.41) is 17.3. The minimum Gasteiger partial charge on any atom is -0.430 e. The van der Waals surface area contributed by atoms with E-state index in [2.05, 4.69) is 9.47 Å². The first kappa shape index (κ1) is 7.30. The molecule has 1 rings (SSSR count). The van der Waals surface area contributed by atoms with E-state index in [9.17, 15) is 4.79 Å². The number of rotatable bonds is 2.